The Morgan fingerprint density at radius 1 is 0.846 bits per heavy atom. The minimum atomic E-state index is -0.445. The van der Waals surface area contributed by atoms with Crippen LogP contribution in [-0.2, 0) is 4.74 Å². The smallest absolute Gasteiger partial charge is 0.348 e. The average molecular weight is 367 g/mol. The molecule has 5 nitrogen and oxygen atoms in total. The number of esters is 1. The molecule has 132 valence electrons. The van der Waals surface area contributed by atoms with Crippen molar-refractivity contribution in [2.75, 3.05) is 19.1 Å². The molecule has 1 aromatic heterocycles. The van der Waals surface area contributed by atoms with E-state index in [1.54, 1.807) is 31.3 Å². The minimum Gasteiger partial charge on any atom is -0.465 e. The number of hydrogen-bond acceptors (Lipinski definition) is 5. The van der Waals surface area contributed by atoms with Crippen LogP contribution in [0.1, 0.15) is 19.3 Å². The van der Waals surface area contributed by atoms with E-state index in [1.807, 2.05) is 42.5 Å². The Balaban J connectivity index is 1.71. The fourth-order valence-corrected chi connectivity index (χ4v) is 3.21. The van der Waals surface area contributed by atoms with Crippen molar-refractivity contribution < 1.29 is 19.1 Å². The number of carbonyl (C=O) groups is 2. The molecule has 26 heavy (non-hydrogen) atoms. The molecule has 6 heteroatoms. The fraction of sp³-hybridized carbons (Fsp3) is 0.100. The molecule has 0 atom stereocenters. The van der Waals surface area contributed by atoms with Gasteiger partial charge in [0.15, 0.2) is 0 Å². The Morgan fingerprint density at radius 3 is 2.12 bits per heavy atom. The van der Waals surface area contributed by atoms with Crippen LogP contribution in [0.15, 0.2) is 66.7 Å². The Labute approximate surface area is 155 Å². The molecule has 0 aliphatic heterocycles. The van der Waals surface area contributed by atoms with Crippen molar-refractivity contribution in [3.8, 4) is 11.5 Å². The second-order valence-electron chi connectivity index (χ2n) is 5.43. The lowest BCUT2D eigenvalue weighted by Gasteiger charge is -2.17. The first-order valence-electron chi connectivity index (χ1n) is 7.87. The molecule has 0 aliphatic carbocycles. The van der Waals surface area contributed by atoms with Gasteiger partial charge < -0.3 is 14.4 Å². The molecule has 0 fully saturated rings. The number of amides is 1. The summed E-state index contributed by atoms with van der Waals surface area (Å²) in [5.41, 5.74) is 0.725. The molecular formula is C20H17NO4S. The van der Waals surface area contributed by atoms with E-state index in [1.165, 1.54) is 12.0 Å². The van der Waals surface area contributed by atoms with Gasteiger partial charge in [0.25, 0.3) is 5.91 Å². The summed E-state index contributed by atoms with van der Waals surface area (Å²) < 4.78 is 10.4. The molecule has 0 radical (unpaired) electrons. The number of carbonyl (C=O) groups excluding carboxylic acids is 2. The Morgan fingerprint density at radius 2 is 1.46 bits per heavy atom. The first-order chi connectivity index (χ1) is 12.6. The number of benzene rings is 2. The van der Waals surface area contributed by atoms with Crippen LogP contribution < -0.4 is 9.64 Å². The Hall–Kier alpha value is -3.12. The van der Waals surface area contributed by atoms with Crippen LogP contribution in [0.2, 0.25) is 0 Å². The predicted molar refractivity (Wildman–Crippen MR) is 101 cm³/mol. The number of para-hydroxylation sites is 1. The standard InChI is InChI=1S/C20H17NO4S/c1-21(19(22)17-12-13-18(26-17)20(23)24-2)14-8-10-16(11-9-14)25-15-6-4-3-5-7-15/h3-13H,1-2H3. The van der Waals surface area contributed by atoms with E-state index in [4.69, 9.17) is 4.74 Å². The number of hydrogen-bond donors (Lipinski definition) is 0. The van der Waals surface area contributed by atoms with Gasteiger partial charge in [-0.3, -0.25) is 4.79 Å². The maximum atomic E-state index is 12.6. The summed E-state index contributed by atoms with van der Waals surface area (Å²) in [4.78, 5) is 26.5. The van der Waals surface area contributed by atoms with Gasteiger partial charge in [-0.15, -0.1) is 11.3 Å². The zero-order valence-electron chi connectivity index (χ0n) is 14.3. The monoisotopic (exact) mass is 367 g/mol. The summed E-state index contributed by atoms with van der Waals surface area (Å²) in [5.74, 6) is 0.796. The number of rotatable bonds is 5. The van der Waals surface area contributed by atoms with Crippen LogP contribution in [0.5, 0.6) is 11.5 Å². The number of ether oxygens (including phenoxy) is 2. The minimum absolute atomic E-state index is 0.193. The number of anilines is 1. The highest BCUT2D eigenvalue weighted by Crippen LogP contribution is 2.26. The van der Waals surface area contributed by atoms with E-state index in [9.17, 15) is 9.59 Å². The molecule has 3 aromatic rings. The summed E-state index contributed by atoms with van der Waals surface area (Å²) in [6, 6.07) is 19.9. The van der Waals surface area contributed by atoms with Gasteiger partial charge in [-0.1, -0.05) is 18.2 Å². The molecule has 1 heterocycles. The molecule has 2 aromatic carbocycles. The van der Waals surface area contributed by atoms with Crippen LogP contribution >= 0.6 is 11.3 Å². The summed E-state index contributed by atoms with van der Waals surface area (Å²) >= 11 is 1.11. The lowest BCUT2D eigenvalue weighted by atomic mass is 10.2. The lowest BCUT2D eigenvalue weighted by Crippen LogP contribution is -2.25. The maximum absolute atomic E-state index is 12.6. The molecule has 0 saturated heterocycles. The van der Waals surface area contributed by atoms with Crippen LogP contribution in [0.4, 0.5) is 5.69 Å². The second kappa shape index (κ2) is 7.84. The fourth-order valence-electron chi connectivity index (χ4n) is 2.31. The third-order valence-corrected chi connectivity index (χ3v) is 4.76. The van der Waals surface area contributed by atoms with Crippen LogP contribution in [0.25, 0.3) is 0 Å². The highest BCUT2D eigenvalue weighted by atomic mass is 32.1. The number of nitrogens with zero attached hydrogens (tertiary/aromatic N) is 1. The normalized spacial score (nSPS) is 10.2. The van der Waals surface area contributed by atoms with Crippen molar-refractivity contribution in [1.29, 1.82) is 0 Å². The van der Waals surface area contributed by atoms with E-state index in [2.05, 4.69) is 4.74 Å². The highest BCUT2D eigenvalue weighted by molar-refractivity contribution is 7.16. The SMILES string of the molecule is COC(=O)c1ccc(C(=O)N(C)c2ccc(Oc3ccccc3)cc2)s1. The molecule has 0 bridgehead atoms. The van der Waals surface area contributed by atoms with Crippen molar-refractivity contribution >= 4 is 28.9 Å². The molecule has 0 N–H and O–H groups in total. The van der Waals surface area contributed by atoms with E-state index < -0.39 is 5.97 Å². The Kier molecular flexibility index (Phi) is 5.34. The van der Waals surface area contributed by atoms with Gasteiger partial charge in [-0.25, -0.2) is 4.79 Å². The van der Waals surface area contributed by atoms with Crippen molar-refractivity contribution in [2.45, 2.75) is 0 Å². The first-order valence-corrected chi connectivity index (χ1v) is 8.69. The highest BCUT2D eigenvalue weighted by Gasteiger charge is 2.18. The molecule has 0 spiro atoms. The van der Waals surface area contributed by atoms with E-state index >= 15 is 0 Å². The number of thiophene rings is 1. The summed E-state index contributed by atoms with van der Waals surface area (Å²) in [6.45, 7) is 0. The van der Waals surface area contributed by atoms with Gasteiger partial charge in [0.1, 0.15) is 16.4 Å². The third-order valence-electron chi connectivity index (χ3n) is 3.71. The summed E-state index contributed by atoms with van der Waals surface area (Å²) in [7, 11) is 3.00. The van der Waals surface area contributed by atoms with Crippen LogP contribution in [0, 0.1) is 0 Å². The van der Waals surface area contributed by atoms with Gasteiger partial charge in [0.05, 0.1) is 12.0 Å². The molecule has 1 amide bonds. The van der Waals surface area contributed by atoms with Gasteiger partial charge in [-0.2, -0.15) is 0 Å². The van der Waals surface area contributed by atoms with Crippen molar-refractivity contribution in [1.82, 2.24) is 0 Å². The van der Waals surface area contributed by atoms with E-state index in [-0.39, 0.29) is 5.91 Å². The topological polar surface area (TPSA) is 55.8 Å². The van der Waals surface area contributed by atoms with Crippen molar-refractivity contribution in [3.63, 3.8) is 0 Å². The van der Waals surface area contributed by atoms with Gasteiger partial charge in [-0.05, 0) is 48.5 Å². The first kappa shape index (κ1) is 17.7. The maximum Gasteiger partial charge on any atom is 0.348 e. The van der Waals surface area contributed by atoms with Crippen molar-refractivity contribution in [2.24, 2.45) is 0 Å². The van der Waals surface area contributed by atoms with Crippen LogP contribution in [-0.4, -0.2) is 26.0 Å². The number of methoxy groups -OCH3 is 1. The molecule has 0 saturated carbocycles. The lowest BCUT2D eigenvalue weighted by molar-refractivity contribution is 0.0606. The van der Waals surface area contributed by atoms with Gasteiger partial charge >= 0.3 is 5.97 Å². The quantitative estimate of drug-likeness (QED) is 0.618. The molecule has 3 rings (SSSR count). The predicted octanol–water partition coefficient (Wildman–Crippen LogP) is 4.60. The van der Waals surface area contributed by atoms with Crippen molar-refractivity contribution in [3.05, 3.63) is 76.5 Å². The second-order valence-corrected chi connectivity index (χ2v) is 6.51. The zero-order chi connectivity index (χ0) is 18.5. The Bertz CT molecular complexity index is 903. The molecule has 0 unspecified atom stereocenters. The summed E-state index contributed by atoms with van der Waals surface area (Å²) in [5, 5.41) is 0. The molecular weight excluding hydrogens is 350 g/mol. The summed E-state index contributed by atoms with van der Waals surface area (Å²) in [6.07, 6.45) is 0. The largest absolute Gasteiger partial charge is 0.465 e. The zero-order valence-corrected chi connectivity index (χ0v) is 15.2. The van der Waals surface area contributed by atoms with E-state index in [0.29, 0.717) is 15.5 Å². The molecule has 0 aliphatic rings. The van der Waals surface area contributed by atoms with E-state index in [0.717, 1.165) is 22.8 Å². The average Bonchev–Trinajstić information content (AvgIpc) is 3.18. The van der Waals surface area contributed by atoms with Crippen LogP contribution in [0.3, 0.4) is 0 Å². The van der Waals surface area contributed by atoms with Gasteiger partial charge in [0.2, 0.25) is 0 Å². The van der Waals surface area contributed by atoms with Gasteiger partial charge in [0, 0.05) is 12.7 Å². The third kappa shape index (κ3) is 3.92.